The highest BCUT2D eigenvalue weighted by atomic mass is 16.5. The van der Waals surface area contributed by atoms with Crippen molar-refractivity contribution in [2.24, 2.45) is 17.8 Å². The summed E-state index contributed by atoms with van der Waals surface area (Å²) in [4.78, 5) is 72.6. The third-order valence-corrected chi connectivity index (χ3v) is 12.7. The van der Waals surface area contributed by atoms with Crippen LogP contribution in [0.4, 0.5) is 9.59 Å². The number of aromatic amines is 2. The van der Waals surface area contributed by atoms with Crippen molar-refractivity contribution < 1.29 is 33.4 Å². The van der Waals surface area contributed by atoms with E-state index in [0.717, 1.165) is 77.4 Å². The molecule has 2 aromatic carbocycles. The van der Waals surface area contributed by atoms with Gasteiger partial charge < -0.3 is 44.6 Å². The molecule has 4 N–H and O–H groups in total. The maximum Gasteiger partial charge on any atom is 0.407 e. The summed E-state index contributed by atoms with van der Waals surface area (Å²) in [6, 6.07) is 15.0. The molecule has 4 fully saturated rings. The number of carbonyl (C=O) groups is 4. The Balaban J connectivity index is 0.937. The van der Waals surface area contributed by atoms with Crippen molar-refractivity contribution in [1.29, 1.82) is 0 Å². The molecule has 59 heavy (non-hydrogen) atoms. The van der Waals surface area contributed by atoms with Gasteiger partial charge >= 0.3 is 12.2 Å². The number of fused-ring (bicyclic) bond motifs is 2. The Hall–Kier alpha value is -5.70. The summed E-state index contributed by atoms with van der Waals surface area (Å²) in [7, 11) is 2.61. The van der Waals surface area contributed by atoms with Crippen molar-refractivity contribution in [1.82, 2.24) is 40.4 Å². The lowest BCUT2D eigenvalue weighted by Crippen LogP contribution is -2.55. The van der Waals surface area contributed by atoms with Crippen molar-refractivity contribution in [3.05, 3.63) is 72.6 Å². The number of hydrogen-bond acceptors (Lipinski definition) is 9. The molecule has 1 saturated carbocycles. The van der Waals surface area contributed by atoms with Gasteiger partial charge in [0.15, 0.2) is 0 Å². The van der Waals surface area contributed by atoms with E-state index in [9.17, 15) is 19.2 Å². The number of hydrogen-bond donors (Lipinski definition) is 4. The predicted octanol–water partition coefficient (Wildman–Crippen LogP) is 6.38. The molecule has 3 aliphatic heterocycles. The van der Waals surface area contributed by atoms with E-state index < -0.39 is 24.3 Å². The number of benzene rings is 2. The highest BCUT2D eigenvalue weighted by molar-refractivity contribution is 5.87. The zero-order valence-corrected chi connectivity index (χ0v) is 34.1. The molecule has 1 aliphatic carbocycles. The van der Waals surface area contributed by atoms with Crippen LogP contribution in [0.25, 0.3) is 33.6 Å². The summed E-state index contributed by atoms with van der Waals surface area (Å²) >= 11 is 0. The molecule has 8 rings (SSSR count). The first-order chi connectivity index (χ1) is 28.6. The average molecular weight is 807 g/mol. The van der Waals surface area contributed by atoms with Gasteiger partial charge in [-0.25, -0.2) is 19.6 Å². The van der Waals surface area contributed by atoms with Gasteiger partial charge in [0.25, 0.3) is 0 Å². The molecule has 312 valence electrons. The zero-order chi connectivity index (χ0) is 41.2. The van der Waals surface area contributed by atoms with Crippen LogP contribution in [0.2, 0.25) is 0 Å². The second kappa shape index (κ2) is 17.3. The lowest BCUT2D eigenvalue weighted by atomic mass is 9.89. The highest BCUT2D eigenvalue weighted by Crippen LogP contribution is 2.50. The minimum atomic E-state index is -0.689. The second-order valence-corrected chi connectivity index (χ2v) is 16.5. The molecule has 4 aliphatic rings. The number of piperidine rings is 1. The molecule has 1 unspecified atom stereocenters. The van der Waals surface area contributed by atoms with Gasteiger partial charge in [0, 0.05) is 25.8 Å². The lowest BCUT2D eigenvalue weighted by Gasteiger charge is -2.39. The second-order valence-electron chi connectivity index (χ2n) is 16.5. The number of methoxy groups -OCH3 is 2. The zero-order valence-electron chi connectivity index (χ0n) is 34.1. The maximum absolute atomic E-state index is 14.3. The van der Waals surface area contributed by atoms with Crippen LogP contribution in [-0.2, 0) is 23.8 Å². The maximum atomic E-state index is 14.3. The minimum Gasteiger partial charge on any atom is -0.453 e. The van der Waals surface area contributed by atoms with Gasteiger partial charge in [-0.1, -0.05) is 62.4 Å². The summed E-state index contributed by atoms with van der Waals surface area (Å²) < 4.78 is 15.2. The quantitative estimate of drug-likeness (QED) is 0.134. The van der Waals surface area contributed by atoms with Crippen LogP contribution in [0.15, 0.2) is 60.9 Å². The lowest BCUT2D eigenvalue weighted by molar-refractivity contribution is -0.140. The number of carbonyl (C=O) groups excluding carboxylic acids is 4. The van der Waals surface area contributed by atoms with Crippen molar-refractivity contribution in [3.63, 3.8) is 0 Å². The first-order valence-corrected chi connectivity index (χ1v) is 20.8. The number of amides is 4. The number of likely N-dealkylation sites (tertiary alicyclic amines) is 2. The van der Waals surface area contributed by atoms with Crippen LogP contribution in [0.3, 0.4) is 0 Å². The molecular weight excluding hydrogens is 753 g/mol. The number of aromatic nitrogens is 4. The topological polar surface area (TPSA) is 184 Å². The molecule has 0 spiro atoms. The molecule has 0 radical (unpaired) electrons. The van der Waals surface area contributed by atoms with Crippen molar-refractivity contribution in [3.8, 4) is 33.6 Å². The summed E-state index contributed by atoms with van der Waals surface area (Å²) in [6.45, 7) is 5.53. The number of ether oxygens (including phenoxy) is 3. The van der Waals surface area contributed by atoms with Gasteiger partial charge in [-0.3, -0.25) is 9.59 Å². The molecule has 15 heteroatoms. The number of nitrogens with one attached hydrogen (secondary N) is 4. The molecule has 6 atom stereocenters. The summed E-state index contributed by atoms with van der Waals surface area (Å²) in [5, 5.41) is 5.57. The molecular formula is C44H54N8O7. The third kappa shape index (κ3) is 8.17. The molecule has 4 aromatic rings. The first kappa shape index (κ1) is 40.1. The van der Waals surface area contributed by atoms with E-state index in [1.165, 1.54) is 14.2 Å². The van der Waals surface area contributed by atoms with E-state index in [4.69, 9.17) is 19.2 Å². The largest absolute Gasteiger partial charge is 0.453 e. The van der Waals surface area contributed by atoms with Gasteiger partial charge in [-0.2, -0.15) is 0 Å². The smallest absolute Gasteiger partial charge is 0.407 e. The minimum absolute atomic E-state index is 0.0233. The Labute approximate surface area is 344 Å². The summed E-state index contributed by atoms with van der Waals surface area (Å²) in [5.74, 6) is 1.46. The SMILES string of the molecule is COC(=O)NC(C(=O)N1[C@@H]2CC[C@@H](C2)[C@H]1c1ncc(-c2ccc(-c3ccc(-c4cnc([C@@H]5CCCN5C(=O)[C@@H](NC(=O)OC)C(C)C)[nH]4)cc3)cc2)[nH]1)C1CCOCC1. The van der Waals surface area contributed by atoms with Crippen molar-refractivity contribution in [2.45, 2.75) is 89.0 Å². The van der Waals surface area contributed by atoms with Gasteiger partial charge in [-0.05, 0) is 85.0 Å². The van der Waals surface area contributed by atoms with Crippen LogP contribution >= 0.6 is 0 Å². The van der Waals surface area contributed by atoms with E-state index in [1.807, 2.05) is 29.8 Å². The molecule has 15 nitrogen and oxygen atoms in total. The van der Waals surface area contributed by atoms with Gasteiger partial charge in [0.2, 0.25) is 11.8 Å². The molecule has 5 heterocycles. The highest BCUT2D eigenvalue weighted by Gasteiger charge is 2.52. The van der Waals surface area contributed by atoms with Crippen LogP contribution in [-0.4, -0.2) is 106 Å². The van der Waals surface area contributed by atoms with Gasteiger partial charge in [-0.15, -0.1) is 0 Å². The Morgan fingerprint density at radius 2 is 1.32 bits per heavy atom. The number of imidazole rings is 2. The third-order valence-electron chi connectivity index (χ3n) is 12.7. The molecule has 2 bridgehead atoms. The molecule has 3 saturated heterocycles. The van der Waals surface area contributed by atoms with Crippen molar-refractivity contribution in [2.75, 3.05) is 34.0 Å². The summed E-state index contributed by atoms with van der Waals surface area (Å²) in [5.41, 5.74) is 5.83. The van der Waals surface area contributed by atoms with Crippen LogP contribution in [0.1, 0.15) is 82.5 Å². The van der Waals surface area contributed by atoms with E-state index in [0.29, 0.717) is 38.5 Å². The van der Waals surface area contributed by atoms with Crippen LogP contribution in [0.5, 0.6) is 0 Å². The van der Waals surface area contributed by atoms with Gasteiger partial charge in [0.05, 0.1) is 50.1 Å². The van der Waals surface area contributed by atoms with Gasteiger partial charge in [0.1, 0.15) is 23.7 Å². The Morgan fingerprint density at radius 1 is 0.746 bits per heavy atom. The number of alkyl carbamates (subject to hydrolysis) is 2. The first-order valence-electron chi connectivity index (χ1n) is 20.8. The van der Waals surface area contributed by atoms with E-state index in [2.05, 4.69) is 74.1 Å². The van der Waals surface area contributed by atoms with E-state index in [1.54, 1.807) is 6.20 Å². The van der Waals surface area contributed by atoms with Crippen LogP contribution in [0, 0.1) is 17.8 Å². The Bertz CT molecular complexity index is 2130. The fourth-order valence-corrected chi connectivity index (χ4v) is 9.60. The average Bonchev–Trinajstić information content (AvgIpc) is 4.13. The number of H-pyrrole nitrogens is 2. The standard InChI is InChI=1S/C44H54N8O7/c1-25(2)36(49-43(55)57-3)41(53)51-19-5-6-35(51)39-45-23-33(47-39)28-11-7-26(8-12-28)27-9-13-29(14-10-27)34-24-46-40(48-34)38-31-15-16-32(22-31)52(38)42(54)37(50-44(56)58-4)30-17-20-59-21-18-30/h7-14,23-25,30-32,35-38H,5-6,15-22H2,1-4H3,(H,45,47)(H,46,48)(H,49,55)(H,50,56)/t31-,32+,35-,36-,37?,38-/m0/s1. The monoisotopic (exact) mass is 806 g/mol. The fraction of sp³-hybridized carbons (Fsp3) is 0.500. The fourth-order valence-electron chi connectivity index (χ4n) is 9.60. The molecule has 2 aromatic heterocycles. The Morgan fingerprint density at radius 3 is 1.93 bits per heavy atom. The predicted molar refractivity (Wildman–Crippen MR) is 218 cm³/mol. The molecule has 4 amide bonds. The Kier molecular flexibility index (Phi) is 11.7. The summed E-state index contributed by atoms with van der Waals surface area (Å²) in [6.07, 6.45) is 8.37. The number of nitrogens with zero attached hydrogens (tertiary/aromatic N) is 4. The normalized spacial score (nSPS) is 22.7. The number of rotatable bonds is 11. The van der Waals surface area contributed by atoms with E-state index in [-0.39, 0.29) is 41.8 Å². The van der Waals surface area contributed by atoms with Crippen molar-refractivity contribution >= 4 is 24.0 Å². The van der Waals surface area contributed by atoms with Crippen LogP contribution < -0.4 is 10.6 Å². The van der Waals surface area contributed by atoms with E-state index >= 15 is 0 Å².